The van der Waals surface area contributed by atoms with Gasteiger partial charge in [0.15, 0.2) is 8.29 Å². The summed E-state index contributed by atoms with van der Waals surface area (Å²) < 4.78 is 3.35. The summed E-state index contributed by atoms with van der Waals surface area (Å²) in [6.07, 6.45) is 0. The SMILES string of the molecule is CCN1CCN(C(=O)[C@@H](C)Sc2nn(-c3ccccc3C)c(=S)s2)CC1. The third-order valence-electron chi connectivity index (χ3n) is 4.63. The zero-order valence-electron chi connectivity index (χ0n) is 15.3. The Hall–Kier alpha value is -1.22. The van der Waals surface area contributed by atoms with Crippen molar-refractivity contribution in [3.8, 4) is 5.69 Å². The maximum Gasteiger partial charge on any atom is 0.235 e. The topological polar surface area (TPSA) is 41.4 Å². The molecule has 0 radical (unpaired) electrons. The van der Waals surface area contributed by atoms with Crippen LogP contribution in [0.1, 0.15) is 19.4 Å². The van der Waals surface area contributed by atoms with Gasteiger partial charge in [0.05, 0.1) is 10.9 Å². The van der Waals surface area contributed by atoms with E-state index in [-0.39, 0.29) is 11.2 Å². The predicted octanol–water partition coefficient (Wildman–Crippen LogP) is 3.62. The molecule has 0 aliphatic carbocycles. The molecule has 140 valence electrons. The number of thioether (sulfide) groups is 1. The summed E-state index contributed by atoms with van der Waals surface area (Å²) in [4.78, 5) is 17.1. The number of aromatic nitrogens is 2. The average molecular weight is 409 g/mol. The van der Waals surface area contributed by atoms with Crippen LogP contribution in [0.4, 0.5) is 0 Å². The summed E-state index contributed by atoms with van der Waals surface area (Å²) in [6, 6.07) is 8.05. The maximum atomic E-state index is 12.7. The number of hydrogen-bond donors (Lipinski definition) is 0. The van der Waals surface area contributed by atoms with E-state index in [1.54, 1.807) is 4.68 Å². The highest BCUT2D eigenvalue weighted by Gasteiger charge is 2.26. The normalized spacial score (nSPS) is 16.7. The molecular formula is C18H24N4OS3. The number of carbonyl (C=O) groups excluding carboxylic acids is 1. The smallest absolute Gasteiger partial charge is 0.235 e. The number of aryl methyl sites for hydroxylation is 1. The summed E-state index contributed by atoms with van der Waals surface area (Å²) >= 11 is 8.46. The number of para-hydroxylation sites is 1. The van der Waals surface area contributed by atoms with Gasteiger partial charge in [-0.05, 0) is 44.2 Å². The number of rotatable bonds is 5. The second-order valence-electron chi connectivity index (χ2n) is 6.35. The van der Waals surface area contributed by atoms with Gasteiger partial charge in [0.25, 0.3) is 0 Å². The summed E-state index contributed by atoms with van der Waals surface area (Å²) in [7, 11) is 0. The van der Waals surface area contributed by atoms with Crippen LogP contribution >= 0.6 is 35.3 Å². The van der Waals surface area contributed by atoms with Gasteiger partial charge in [-0.2, -0.15) is 0 Å². The number of amides is 1. The van der Waals surface area contributed by atoms with Crippen LogP contribution in [0.25, 0.3) is 5.69 Å². The molecule has 1 aromatic heterocycles. The van der Waals surface area contributed by atoms with Crippen molar-refractivity contribution in [1.82, 2.24) is 19.6 Å². The van der Waals surface area contributed by atoms with Crippen molar-refractivity contribution in [2.45, 2.75) is 30.4 Å². The van der Waals surface area contributed by atoms with Crippen LogP contribution in [-0.2, 0) is 4.79 Å². The second kappa shape index (κ2) is 8.65. The van der Waals surface area contributed by atoms with Gasteiger partial charge in [0, 0.05) is 26.2 Å². The Kier molecular flexibility index (Phi) is 6.50. The van der Waals surface area contributed by atoms with Crippen molar-refractivity contribution in [1.29, 1.82) is 0 Å². The first kappa shape index (κ1) is 19.5. The Morgan fingerprint density at radius 1 is 1.31 bits per heavy atom. The van der Waals surface area contributed by atoms with Gasteiger partial charge in [0.2, 0.25) is 5.91 Å². The zero-order valence-corrected chi connectivity index (χ0v) is 17.8. The van der Waals surface area contributed by atoms with Crippen LogP contribution < -0.4 is 0 Å². The molecule has 0 saturated carbocycles. The van der Waals surface area contributed by atoms with Crippen LogP contribution in [0.15, 0.2) is 28.6 Å². The van der Waals surface area contributed by atoms with Gasteiger partial charge in [-0.1, -0.05) is 48.2 Å². The predicted molar refractivity (Wildman–Crippen MR) is 111 cm³/mol. The van der Waals surface area contributed by atoms with Crippen LogP contribution in [0.3, 0.4) is 0 Å². The van der Waals surface area contributed by atoms with Crippen LogP contribution in [-0.4, -0.2) is 63.5 Å². The van der Waals surface area contributed by atoms with Gasteiger partial charge >= 0.3 is 0 Å². The highest BCUT2D eigenvalue weighted by atomic mass is 32.2. The van der Waals surface area contributed by atoms with E-state index < -0.39 is 0 Å². The molecule has 1 aliphatic heterocycles. The van der Waals surface area contributed by atoms with Gasteiger partial charge in [-0.25, -0.2) is 4.68 Å². The van der Waals surface area contributed by atoms with E-state index in [4.69, 9.17) is 12.2 Å². The minimum atomic E-state index is -0.158. The van der Waals surface area contributed by atoms with Crippen LogP contribution in [0, 0.1) is 10.9 Å². The Balaban J connectivity index is 1.68. The van der Waals surface area contributed by atoms with E-state index in [1.807, 2.05) is 43.0 Å². The molecule has 1 aliphatic rings. The van der Waals surface area contributed by atoms with Crippen molar-refractivity contribution in [2.24, 2.45) is 0 Å². The molecule has 1 amide bonds. The lowest BCUT2D eigenvalue weighted by molar-refractivity contribution is -0.132. The monoisotopic (exact) mass is 408 g/mol. The number of benzene rings is 1. The first-order chi connectivity index (χ1) is 12.5. The van der Waals surface area contributed by atoms with E-state index in [0.29, 0.717) is 3.95 Å². The minimum Gasteiger partial charge on any atom is -0.339 e. The van der Waals surface area contributed by atoms with Crippen molar-refractivity contribution in [3.63, 3.8) is 0 Å². The number of nitrogens with zero attached hydrogens (tertiary/aromatic N) is 4. The first-order valence-electron chi connectivity index (χ1n) is 8.83. The largest absolute Gasteiger partial charge is 0.339 e. The number of likely N-dealkylation sites (N-methyl/N-ethyl adjacent to an activating group) is 1. The van der Waals surface area contributed by atoms with Crippen molar-refractivity contribution in [3.05, 3.63) is 33.8 Å². The summed E-state index contributed by atoms with van der Waals surface area (Å²) in [5, 5.41) is 4.49. The van der Waals surface area contributed by atoms with Crippen molar-refractivity contribution >= 4 is 41.2 Å². The fourth-order valence-corrected chi connectivity index (χ4v) is 5.58. The summed E-state index contributed by atoms with van der Waals surface area (Å²) in [5.41, 5.74) is 2.12. The molecule has 0 N–H and O–H groups in total. The Bertz CT molecular complexity index is 824. The average Bonchev–Trinajstić information content (AvgIpc) is 3.01. The molecule has 2 heterocycles. The minimum absolute atomic E-state index is 0.158. The molecule has 0 spiro atoms. The lowest BCUT2D eigenvalue weighted by Crippen LogP contribution is -2.50. The molecule has 1 atom stereocenters. The highest BCUT2D eigenvalue weighted by Crippen LogP contribution is 2.29. The van der Waals surface area contributed by atoms with E-state index in [2.05, 4.69) is 16.9 Å². The molecule has 2 aromatic rings. The molecule has 1 saturated heterocycles. The van der Waals surface area contributed by atoms with Crippen molar-refractivity contribution in [2.75, 3.05) is 32.7 Å². The van der Waals surface area contributed by atoms with Gasteiger partial charge in [-0.3, -0.25) is 4.79 Å². The molecule has 0 bridgehead atoms. The quantitative estimate of drug-likeness (QED) is 0.558. The van der Waals surface area contributed by atoms with E-state index in [0.717, 1.165) is 48.3 Å². The van der Waals surface area contributed by atoms with Crippen molar-refractivity contribution < 1.29 is 4.79 Å². The highest BCUT2D eigenvalue weighted by molar-refractivity contribution is 8.02. The Morgan fingerprint density at radius 3 is 2.65 bits per heavy atom. The molecule has 8 heteroatoms. The third kappa shape index (κ3) is 4.36. The third-order valence-corrected chi connectivity index (χ3v) is 7.03. The van der Waals surface area contributed by atoms with Crippen LogP contribution in [0.2, 0.25) is 0 Å². The molecule has 26 heavy (non-hydrogen) atoms. The Labute approximate surface area is 168 Å². The number of hydrogen-bond acceptors (Lipinski definition) is 6. The van der Waals surface area contributed by atoms with Gasteiger partial charge in [-0.15, -0.1) is 5.10 Å². The number of carbonyl (C=O) groups is 1. The summed E-state index contributed by atoms with van der Waals surface area (Å²) in [6.45, 7) is 10.8. The molecule has 1 fully saturated rings. The van der Waals surface area contributed by atoms with Gasteiger partial charge in [0.1, 0.15) is 0 Å². The van der Waals surface area contributed by atoms with E-state index in [9.17, 15) is 4.79 Å². The molecule has 1 aromatic carbocycles. The molecular weight excluding hydrogens is 384 g/mol. The fraction of sp³-hybridized carbons (Fsp3) is 0.500. The number of piperazine rings is 1. The molecule has 3 rings (SSSR count). The lowest BCUT2D eigenvalue weighted by Gasteiger charge is -2.35. The first-order valence-corrected chi connectivity index (χ1v) is 10.9. The lowest BCUT2D eigenvalue weighted by atomic mass is 10.2. The second-order valence-corrected chi connectivity index (χ2v) is 9.56. The Morgan fingerprint density at radius 2 is 2.00 bits per heavy atom. The van der Waals surface area contributed by atoms with Gasteiger partial charge < -0.3 is 9.80 Å². The van der Waals surface area contributed by atoms with E-state index in [1.165, 1.54) is 23.1 Å². The molecule has 5 nitrogen and oxygen atoms in total. The fourth-order valence-electron chi connectivity index (χ4n) is 3.00. The zero-order chi connectivity index (χ0) is 18.7. The summed E-state index contributed by atoms with van der Waals surface area (Å²) in [5.74, 6) is 0.189. The maximum absolute atomic E-state index is 12.7. The standard InChI is InChI=1S/C18H24N4OS3/c1-4-20-9-11-21(12-10-20)16(23)14(3)25-17-19-22(18(24)26-17)15-8-6-5-7-13(15)2/h5-8,14H,4,9-12H2,1-3H3/t14-/m1/s1. The molecule has 0 unspecified atom stereocenters. The van der Waals surface area contributed by atoms with E-state index >= 15 is 0 Å². The van der Waals surface area contributed by atoms with Crippen LogP contribution in [0.5, 0.6) is 0 Å².